The summed E-state index contributed by atoms with van der Waals surface area (Å²) in [6, 6.07) is 3.30. The summed E-state index contributed by atoms with van der Waals surface area (Å²) in [4.78, 5) is 11.1. The molecule has 0 bridgehead atoms. The Hall–Kier alpha value is -1.03. The summed E-state index contributed by atoms with van der Waals surface area (Å²) in [5.41, 5.74) is 1.06. The van der Waals surface area contributed by atoms with Gasteiger partial charge in [0.15, 0.2) is 0 Å². The summed E-state index contributed by atoms with van der Waals surface area (Å²) in [7, 11) is 1.28. The minimum Gasteiger partial charge on any atom is -0.506 e. The van der Waals surface area contributed by atoms with Gasteiger partial charge in [-0.3, -0.25) is 0 Å². The lowest BCUT2D eigenvalue weighted by molar-refractivity contribution is 0.0597. The predicted molar refractivity (Wildman–Crippen MR) is 51.9 cm³/mol. The van der Waals surface area contributed by atoms with E-state index in [0.717, 1.165) is 5.56 Å². The molecule has 0 aromatic heterocycles. The van der Waals surface area contributed by atoms with Gasteiger partial charge in [-0.25, -0.2) is 4.79 Å². The number of hydrogen-bond acceptors (Lipinski definition) is 3. The summed E-state index contributed by atoms with van der Waals surface area (Å²) in [6.45, 7) is 1.83. The molecule has 1 N–H and O–H groups in total. The number of halogens is 1. The average molecular weight is 245 g/mol. The van der Waals surface area contributed by atoms with Gasteiger partial charge >= 0.3 is 5.97 Å². The van der Waals surface area contributed by atoms with Crippen molar-refractivity contribution in [3.8, 4) is 5.75 Å². The Balaban J connectivity index is 3.28. The van der Waals surface area contributed by atoms with Gasteiger partial charge in [-0.15, -0.1) is 0 Å². The second-order valence-electron chi connectivity index (χ2n) is 2.63. The lowest BCUT2D eigenvalue weighted by Crippen LogP contribution is -2.02. The van der Waals surface area contributed by atoms with Crippen molar-refractivity contribution >= 4 is 21.9 Å². The Morgan fingerprint density at radius 3 is 2.69 bits per heavy atom. The smallest absolute Gasteiger partial charge is 0.341 e. The van der Waals surface area contributed by atoms with Gasteiger partial charge in [-0.1, -0.05) is 0 Å². The number of carbonyl (C=O) groups excluding carboxylic acids is 1. The third kappa shape index (κ3) is 2.01. The summed E-state index contributed by atoms with van der Waals surface area (Å²) >= 11 is 3.14. The molecule has 1 rings (SSSR count). The third-order valence-corrected chi connectivity index (χ3v) is 2.22. The number of aromatic hydroxyl groups is 1. The van der Waals surface area contributed by atoms with Crippen LogP contribution in [0.1, 0.15) is 15.9 Å². The Morgan fingerprint density at radius 1 is 1.54 bits per heavy atom. The molecule has 1 aromatic carbocycles. The summed E-state index contributed by atoms with van der Waals surface area (Å²) in [5.74, 6) is -0.626. The zero-order valence-corrected chi connectivity index (χ0v) is 8.88. The van der Waals surface area contributed by atoms with E-state index in [1.807, 2.05) is 6.92 Å². The van der Waals surface area contributed by atoms with Crippen LogP contribution in [0.15, 0.2) is 16.6 Å². The maximum atomic E-state index is 11.1. The zero-order chi connectivity index (χ0) is 10.0. The molecule has 0 aliphatic heterocycles. The summed E-state index contributed by atoms with van der Waals surface area (Å²) < 4.78 is 5.00. The van der Waals surface area contributed by atoms with Crippen LogP contribution in [0, 0.1) is 6.92 Å². The summed E-state index contributed by atoms with van der Waals surface area (Å²) in [6.07, 6.45) is 0. The van der Waals surface area contributed by atoms with Gasteiger partial charge in [0.05, 0.1) is 11.6 Å². The van der Waals surface area contributed by atoms with Crippen molar-refractivity contribution in [2.75, 3.05) is 7.11 Å². The van der Waals surface area contributed by atoms with Crippen LogP contribution >= 0.6 is 15.9 Å². The van der Waals surface area contributed by atoms with Gasteiger partial charge in [0.1, 0.15) is 11.3 Å². The maximum Gasteiger partial charge on any atom is 0.341 e. The molecule has 0 radical (unpaired) electrons. The largest absolute Gasteiger partial charge is 0.506 e. The fourth-order valence-corrected chi connectivity index (χ4v) is 1.57. The first-order valence-corrected chi connectivity index (χ1v) is 4.43. The van der Waals surface area contributed by atoms with E-state index in [4.69, 9.17) is 0 Å². The van der Waals surface area contributed by atoms with Crippen LogP contribution in [0.4, 0.5) is 0 Å². The highest BCUT2D eigenvalue weighted by molar-refractivity contribution is 9.10. The number of esters is 1. The van der Waals surface area contributed by atoms with E-state index < -0.39 is 5.97 Å². The predicted octanol–water partition coefficient (Wildman–Crippen LogP) is 2.25. The van der Waals surface area contributed by atoms with Crippen molar-refractivity contribution in [2.24, 2.45) is 0 Å². The van der Waals surface area contributed by atoms with Gasteiger partial charge in [0.2, 0.25) is 0 Å². The summed E-state index contributed by atoms with van der Waals surface area (Å²) in [5, 5.41) is 9.48. The molecule has 4 heteroatoms. The Morgan fingerprint density at radius 2 is 2.15 bits per heavy atom. The van der Waals surface area contributed by atoms with Gasteiger partial charge in [-0.05, 0) is 40.5 Å². The first-order chi connectivity index (χ1) is 6.06. The lowest BCUT2D eigenvalue weighted by Gasteiger charge is -2.05. The molecule has 0 heterocycles. The number of carbonyl (C=O) groups is 1. The topological polar surface area (TPSA) is 46.5 Å². The third-order valence-electron chi connectivity index (χ3n) is 1.61. The van der Waals surface area contributed by atoms with Gasteiger partial charge in [0, 0.05) is 0 Å². The van der Waals surface area contributed by atoms with Crippen molar-refractivity contribution in [3.63, 3.8) is 0 Å². The number of benzene rings is 1. The SMILES string of the molecule is COC(=O)c1cc(C)cc(Br)c1O. The molecule has 0 saturated carbocycles. The van der Waals surface area contributed by atoms with Gasteiger partial charge in [0.25, 0.3) is 0 Å². The van der Waals surface area contributed by atoms with E-state index in [0.29, 0.717) is 4.47 Å². The lowest BCUT2D eigenvalue weighted by atomic mass is 10.1. The minimum absolute atomic E-state index is 0.0857. The second kappa shape index (κ2) is 3.79. The van der Waals surface area contributed by atoms with E-state index in [9.17, 15) is 9.90 Å². The molecular formula is C9H9BrO3. The highest BCUT2D eigenvalue weighted by Gasteiger charge is 2.14. The molecule has 0 unspecified atom stereocenters. The fraction of sp³-hybridized carbons (Fsp3) is 0.222. The molecule has 0 amide bonds. The van der Waals surface area contributed by atoms with E-state index in [1.54, 1.807) is 12.1 Å². The molecule has 13 heavy (non-hydrogen) atoms. The van der Waals surface area contributed by atoms with Crippen LogP contribution in [0.25, 0.3) is 0 Å². The molecule has 70 valence electrons. The Bertz CT molecular complexity index is 347. The van der Waals surface area contributed by atoms with Crippen LogP contribution in [-0.4, -0.2) is 18.2 Å². The van der Waals surface area contributed by atoms with E-state index in [1.165, 1.54) is 7.11 Å². The fourth-order valence-electron chi connectivity index (χ4n) is 1.00. The molecule has 3 nitrogen and oxygen atoms in total. The number of ether oxygens (including phenoxy) is 1. The number of methoxy groups -OCH3 is 1. The number of phenols is 1. The first kappa shape index (κ1) is 10.1. The Labute approximate surface area is 84.5 Å². The van der Waals surface area contributed by atoms with E-state index in [2.05, 4.69) is 20.7 Å². The standard InChI is InChI=1S/C9H9BrO3/c1-5-3-6(9(12)13-2)8(11)7(10)4-5/h3-4,11H,1-2H3. The normalized spacial score (nSPS) is 9.77. The van der Waals surface area contributed by atoms with E-state index in [-0.39, 0.29) is 11.3 Å². The second-order valence-corrected chi connectivity index (χ2v) is 3.49. The van der Waals surface area contributed by atoms with Crippen molar-refractivity contribution in [3.05, 3.63) is 27.7 Å². The van der Waals surface area contributed by atoms with Crippen molar-refractivity contribution in [1.82, 2.24) is 0 Å². The van der Waals surface area contributed by atoms with E-state index >= 15 is 0 Å². The van der Waals surface area contributed by atoms with Crippen LogP contribution < -0.4 is 0 Å². The molecule has 1 aromatic rings. The molecule has 0 aliphatic rings. The van der Waals surface area contributed by atoms with Crippen LogP contribution in [-0.2, 0) is 4.74 Å². The number of phenolic OH excluding ortho intramolecular Hbond substituents is 1. The molecular weight excluding hydrogens is 236 g/mol. The maximum absolute atomic E-state index is 11.1. The van der Waals surface area contributed by atoms with Crippen LogP contribution in [0.2, 0.25) is 0 Å². The average Bonchev–Trinajstić information content (AvgIpc) is 2.10. The molecule has 0 saturated heterocycles. The van der Waals surface area contributed by atoms with Crippen molar-refractivity contribution in [2.45, 2.75) is 6.92 Å². The van der Waals surface area contributed by atoms with Crippen LogP contribution in [0.5, 0.6) is 5.75 Å². The minimum atomic E-state index is -0.540. The number of aryl methyl sites for hydroxylation is 1. The first-order valence-electron chi connectivity index (χ1n) is 3.63. The highest BCUT2D eigenvalue weighted by Crippen LogP contribution is 2.29. The zero-order valence-electron chi connectivity index (χ0n) is 7.30. The molecule has 0 spiro atoms. The Kier molecular flexibility index (Phi) is 2.93. The number of rotatable bonds is 1. The van der Waals surface area contributed by atoms with Gasteiger partial charge < -0.3 is 9.84 Å². The molecule has 0 atom stereocenters. The van der Waals surface area contributed by atoms with Crippen molar-refractivity contribution in [1.29, 1.82) is 0 Å². The molecule has 0 aliphatic carbocycles. The quantitative estimate of drug-likeness (QED) is 0.772. The van der Waals surface area contributed by atoms with Crippen molar-refractivity contribution < 1.29 is 14.6 Å². The number of hydrogen-bond donors (Lipinski definition) is 1. The molecule has 0 fully saturated rings. The highest BCUT2D eigenvalue weighted by atomic mass is 79.9. The van der Waals surface area contributed by atoms with Gasteiger partial charge in [-0.2, -0.15) is 0 Å². The van der Waals surface area contributed by atoms with Crippen LogP contribution in [0.3, 0.4) is 0 Å². The monoisotopic (exact) mass is 244 g/mol.